The third-order valence-electron chi connectivity index (χ3n) is 3.77. The molecule has 0 atom stereocenters. The molecule has 2 rings (SSSR count). The summed E-state index contributed by atoms with van der Waals surface area (Å²) in [4.78, 5) is 16.0. The van der Waals surface area contributed by atoms with Crippen LogP contribution in [-0.2, 0) is 22.9 Å². The van der Waals surface area contributed by atoms with E-state index in [0.29, 0.717) is 10.6 Å². The van der Waals surface area contributed by atoms with Crippen molar-refractivity contribution in [3.63, 3.8) is 0 Å². The van der Waals surface area contributed by atoms with E-state index in [9.17, 15) is 18.0 Å². The molecule has 0 saturated heterocycles. The number of rotatable bonds is 4. The molecule has 0 aliphatic carbocycles. The molecule has 0 aliphatic heterocycles. The molecule has 0 radical (unpaired) electrons. The summed E-state index contributed by atoms with van der Waals surface area (Å²) >= 11 is 5.94. The van der Waals surface area contributed by atoms with E-state index in [2.05, 4.69) is 10.3 Å². The lowest BCUT2D eigenvalue weighted by molar-refractivity contribution is -0.138. The Bertz CT molecular complexity index is 745. The van der Waals surface area contributed by atoms with Crippen LogP contribution >= 0.6 is 11.6 Å². The molecular formula is C17H16ClF3N2O. The van der Waals surface area contributed by atoms with E-state index in [1.54, 1.807) is 38.1 Å². The van der Waals surface area contributed by atoms with Crippen molar-refractivity contribution < 1.29 is 18.0 Å². The van der Waals surface area contributed by atoms with E-state index in [1.165, 1.54) is 12.3 Å². The number of alkyl halides is 3. The van der Waals surface area contributed by atoms with E-state index >= 15 is 0 Å². The molecular weight excluding hydrogens is 341 g/mol. The Kier molecular flexibility index (Phi) is 5.18. The molecule has 0 unspecified atom stereocenters. The van der Waals surface area contributed by atoms with Crippen LogP contribution in [-0.4, -0.2) is 10.9 Å². The molecule has 24 heavy (non-hydrogen) atoms. The Morgan fingerprint density at radius 3 is 2.58 bits per heavy atom. The number of benzene rings is 1. The maximum absolute atomic E-state index is 12.9. The van der Waals surface area contributed by atoms with Crippen molar-refractivity contribution in [2.24, 2.45) is 0 Å². The molecule has 2 aromatic rings. The van der Waals surface area contributed by atoms with E-state index in [0.717, 1.165) is 6.20 Å². The summed E-state index contributed by atoms with van der Waals surface area (Å²) in [5, 5.41) is 3.05. The van der Waals surface area contributed by atoms with E-state index in [4.69, 9.17) is 11.6 Å². The molecule has 1 aromatic carbocycles. The van der Waals surface area contributed by atoms with Crippen LogP contribution in [0.4, 0.5) is 13.2 Å². The van der Waals surface area contributed by atoms with Gasteiger partial charge in [0.2, 0.25) is 5.91 Å². The monoisotopic (exact) mass is 356 g/mol. The van der Waals surface area contributed by atoms with Gasteiger partial charge in [-0.2, -0.15) is 13.2 Å². The molecule has 1 amide bonds. The van der Waals surface area contributed by atoms with Crippen molar-refractivity contribution in [1.29, 1.82) is 0 Å². The summed E-state index contributed by atoms with van der Waals surface area (Å²) in [5.41, 5.74) is -1.15. The summed E-state index contributed by atoms with van der Waals surface area (Å²) in [7, 11) is 0. The van der Waals surface area contributed by atoms with Crippen LogP contribution in [0, 0.1) is 0 Å². The number of hydrogen-bond acceptors (Lipinski definition) is 2. The summed E-state index contributed by atoms with van der Waals surface area (Å²) in [6.07, 6.45) is -2.50. The summed E-state index contributed by atoms with van der Waals surface area (Å²) < 4.78 is 38.8. The standard InChI is InChI=1S/C17H16ClF3N2O/c1-16(2,12-4-3-5-13(18)8-12)15(24)23-9-11-6-7-22-10-14(11)17(19,20)21/h3-8,10H,9H2,1-2H3,(H,23,24). The Morgan fingerprint density at radius 2 is 1.96 bits per heavy atom. The fraction of sp³-hybridized carbons (Fsp3) is 0.294. The number of nitrogens with zero attached hydrogens (tertiary/aromatic N) is 1. The van der Waals surface area contributed by atoms with E-state index in [-0.39, 0.29) is 12.1 Å². The van der Waals surface area contributed by atoms with Gasteiger partial charge in [0.25, 0.3) is 0 Å². The van der Waals surface area contributed by atoms with Gasteiger partial charge < -0.3 is 5.32 Å². The first kappa shape index (κ1) is 18.3. The first-order valence-corrected chi connectivity index (χ1v) is 7.54. The second kappa shape index (κ2) is 6.81. The zero-order valence-corrected chi connectivity index (χ0v) is 13.9. The molecule has 3 nitrogen and oxygen atoms in total. The number of carbonyl (C=O) groups excluding carboxylic acids is 1. The van der Waals surface area contributed by atoms with Gasteiger partial charge in [0.1, 0.15) is 0 Å². The van der Waals surface area contributed by atoms with Gasteiger partial charge in [-0.25, -0.2) is 0 Å². The van der Waals surface area contributed by atoms with Gasteiger partial charge in [0.05, 0.1) is 11.0 Å². The highest BCUT2D eigenvalue weighted by Gasteiger charge is 2.34. The number of carbonyl (C=O) groups is 1. The average molecular weight is 357 g/mol. The maximum Gasteiger partial charge on any atom is 0.418 e. The predicted octanol–water partition coefficient (Wildman–Crippen LogP) is 4.35. The van der Waals surface area contributed by atoms with Crippen LogP contribution in [0.25, 0.3) is 0 Å². The molecule has 128 valence electrons. The van der Waals surface area contributed by atoms with Crippen LogP contribution in [0.5, 0.6) is 0 Å². The lowest BCUT2D eigenvalue weighted by Gasteiger charge is -2.25. The maximum atomic E-state index is 12.9. The minimum Gasteiger partial charge on any atom is -0.351 e. The number of halogens is 4. The van der Waals surface area contributed by atoms with Crippen LogP contribution < -0.4 is 5.32 Å². The normalized spacial score (nSPS) is 12.1. The van der Waals surface area contributed by atoms with Gasteiger partial charge in [-0.3, -0.25) is 9.78 Å². The fourth-order valence-corrected chi connectivity index (χ4v) is 2.43. The largest absolute Gasteiger partial charge is 0.418 e. The summed E-state index contributed by atoms with van der Waals surface area (Å²) in [6, 6.07) is 8.06. The molecule has 1 aromatic heterocycles. The molecule has 1 N–H and O–H groups in total. The quantitative estimate of drug-likeness (QED) is 0.885. The number of aromatic nitrogens is 1. The van der Waals surface area contributed by atoms with E-state index in [1.807, 2.05) is 0 Å². The SMILES string of the molecule is CC(C)(C(=O)NCc1ccncc1C(F)(F)F)c1cccc(Cl)c1. The van der Waals surface area contributed by atoms with Gasteiger partial charge in [-0.05, 0) is 43.2 Å². The topological polar surface area (TPSA) is 42.0 Å². The van der Waals surface area contributed by atoms with Gasteiger partial charge in [0.15, 0.2) is 0 Å². The van der Waals surface area contributed by atoms with E-state index < -0.39 is 23.1 Å². The van der Waals surface area contributed by atoms with Crippen molar-refractivity contribution >= 4 is 17.5 Å². The van der Waals surface area contributed by atoms with Crippen molar-refractivity contribution in [2.45, 2.75) is 32.0 Å². The zero-order valence-electron chi connectivity index (χ0n) is 13.1. The zero-order chi connectivity index (χ0) is 18.0. The third kappa shape index (κ3) is 4.06. The average Bonchev–Trinajstić information content (AvgIpc) is 2.52. The van der Waals surface area contributed by atoms with Gasteiger partial charge in [0, 0.05) is 24.0 Å². The van der Waals surface area contributed by atoms with Gasteiger partial charge in [-0.15, -0.1) is 0 Å². The lowest BCUT2D eigenvalue weighted by Crippen LogP contribution is -2.40. The molecule has 0 saturated carbocycles. The first-order chi connectivity index (χ1) is 11.1. The Hall–Kier alpha value is -2.08. The van der Waals surface area contributed by atoms with Crippen molar-refractivity contribution in [2.75, 3.05) is 0 Å². The number of pyridine rings is 1. The Morgan fingerprint density at radius 1 is 1.25 bits per heavy atom. The molecule has 1 heterocycles. The minimum absolute atomic E-state index is 0.0345. The highest BCUT2D eigenvalue weighted by molar-refractivity contribution is 6.30. The van der Waals surface area contributed by atoms with Crippen LogP contribution in [0.2, 0.25) is 5.02 Å². The molecule has 0 fully saturated rings. The predicted molar refractivity (Wildman–Crippen MR) is 85.6 cm³/mol. The number of amides is 1. The number of hydrogen-bond donors (Lipinski definition) is 1. The van der Waals surface area contributed by atoms with Crippen molar-refractivity contribution in [3.8, 4) is 0 Å². The lowest BCUT2D eigenvalue weighted by atomic mass is 9.83. The highest BCUT2D eigenvalue weighted by atomic mass is 35.5. The summed E-state index contributed by atoms with van der Waals surface area (Å²) in [5.74, 6) is -0.394. The molecule has 0 spiro atoms. The molecule has 0 bridgehead atoms. The second-order valence-electron chi connectivity index (χ2n) is 5.85. The number of nitrogens with one attached hydrogen (secondary N) is 1. The van der Waals surface area contributed by atoms with Crippen molar-refractivity contribution in [1.82, 2.24) is 10.3 Å². The fourth-order valence-electron chi connectivity index (χ4n) is 2.24. The highest BCUT2D eigenvalue weighted by Crippen LogP contribution is 2.31. The smallest absolute Gasteiger partial charge is 0.351 e. The van der Waals surface area contributed by atoms with Crippen LogP contribution in [0.1, 0.15) is 30.5 Å². The van der Waals surface area contributed by atoms with Gasteiger partial charge in [-0.1, -0.05) is 23.7 Å². The van der Waals surface area contributed by atoms with Gasteiger partial charge >= 0.3 is 6.18 Å². The molecule has 7 heteroatoms. The van der Waals surface area contributed by atoms with Crippen LogP contribution in [0.3, 0.4) is 0 Å². The van der Waals surface area contributed by atoms with Crippen LogP contribution in [0.15, 0.2) is 42.7 Å². The Labute approximate surface area is 142 Å². The first-order valence-electron chi connectivity index (χ1n) is 7.17. The third-order valence-corrected chi connectivity index (χ3v) is 4.01. The Balaban J connectivity index is 2.17. The molecule has 0 aliphatic rings. The second-order valence-corrected chi connectivity index (χ2v) is 6.29. The van der Waals surface area contributed by atoms with Crippen molar-refractivity contribution in [3.05, 3.63) is 64.4 Å². The summed E-state index contributed by atoms with van der Waals surface area (Å²) in [6.45, 7) is 3.14. The minimum atomic E-state index is -4.52.